The lowest BCUT2D eigenvalue weighted by Crippen LogP contribution is -2.52. The Labute approximate surface area is 172 Å². The fraction of sp³-hybridized carbons (Fsp3) is 0.471. The summed E-state index contributed by atoms with van der Waals surface area (Å²) in [5.74, 6) is -3.67. The summed E-state index contributed by atoms with van der Waals surface area (Å²) in [5.41, 5.74) is 4.86. The predicted molar refractivity (Wildman–Crippen MR) is 96.5 cm³/mol. The number of hydrogen-bond donors (Lipinski definition) is 2. The number of carbonyl (C=O) groups is 3. The molecule has 1 aliphatic heterocycles. The molecule has 14 heteroatoms. The molecule has 0 saturated carbocycles. The molecule has 9 nitrogen and oxygen atoms in total. The van der Waals surface area contributed by atoms with Crippen molar-refractivity contribution in [1.29, 1.82) is 0 Å². The van der Waals surface area contributed by atoms with Crippen molar-refractivity contribution >= 4 is 29.1 Å². The second-order valence-electron chi connectivity index (χ2n) is 6.48. The van der Waals surface area contributed by atoms with E-state index < -0.39 is 48.8 Å². The van der Waals surface area contributed by atoms with Crippen molar-refractivity contribution in [2.45, 2.75) is 18.8 Å². The summed E-state index contributed by atoms with van der Waals surface area (Å²) in [6, 6.07) is 1.41. The molecule has 1 aromatic rings. The number of nitrogens with one attached hydrogen (secondary N) is 1. The zero-order valence-corrected chi connectivity index (χ0v) is 16.1. The first-order valence-corrected chi connectivity index (χ1v) is 8.73. The van der Waals surface area contributed by atoms with Crippen LogP contribution < -0.4 is 20.7 Å². The second-order valence-corrected chi connectivity index (χ2v) is 6.48. The van der Waals surface area contributed by atoms with Crippen molar-refractivity contribution in [2.24, 2.45) is 5.73 Å². The Morgan fingerprint density at radius 2 is 2.03 bits per heavy atom. The van der Waals surface area contributed by atoms with E-state index in [1.807, 2.05) is 0 Å². The maximum absolute atomic E-state index is 12.8. The molecule has 3 N–H and O–H groups in total. The van der Waals surface area contributed by atoms with E-state index in [4.69, 9.17) is 10.5 Å². The molecule has 0 aromatic heterocycles. The van der Waals surface area contributed by atoms with Crippen LogP contribution in [0.5, 0.6) is 5.75 Å². The van der Waals surface area contributed by atoms with Crippen LogP contribution in [0.25, 0.3) is 0 Å². The van der Waals surface area contributed by atoms with Gasteiger partial charge in [0.2, 0.25) is 5.91 Å². The largest absolute Gasteiger partial charge is 0.433 e. The number of nitrogens with zero attached hydrogens (tertiary/aromatic N) is 2. The summed E-state index contributed by atoms with van der Waals surface area (Å²) >= 11 is 0. The van der Waals surface area contributed by atoms with Crippen molar-refractivity contribution in [3.63, 3.8) is 0 Å². The summed E-state index contributed by atoms with van der Waals surface area (Å²) in [6.07, 6.45) is -4.72. The molecule has 1 saturated heterocycles. The molecule has 3 amide bonds. The van der Waals surface area contributed by atoms with Gasteiger partial charge in [-0.15, -0.1) is 0 Å². The number of morpholine rings is 1. The topological polar surface area (TPSA) is 114 Å². The van der Waals surface area contributed by atoms with Gasteiger partial charge in [0.1, 0.15) is 6.61 Å². The van der Waals surface area contributed by atoms with Gasteiger partial charge in [0, 0.05) is 18.3 Å². The Hall–Kier alpha value is -3.00. The minimum atomic E-state index is -4.72. The first-order valence-electron chi connectivity index (χ1n) is 8.73. The van der Waals surface area contributed by atoms with Crippen LogP contribution in [0, 0.1) is 0 Å². The van der Waals surface area contributed by atoms with E-state index in [0.717, 1.165) is 19.2 Å². The number of alkyl halides is 5. The van der Waals surface area contributed by atoms with Crippen LogP contribution in [-0.4, -0.2) is 74.8 Å². The van der Waals surface area contributed by atoms with E-state index in [-0.39, 0.29) is 31.1 Å². The zero-order chi connectivity index (χ0) is 23.3. The average Bonchev–Trinajstić information content (AvgIpc) is 2.61. The van der Waals surface area contributed by atoms with Gasteiger partial charge in [0.15, 0.2) is 11.8 Å². The number of ether oxygens (including phenoxy) is 2. The molecule has 172 valence electrons. The molecule has 1 atom stereocenters. The van der Waals surface area contributed by atoms with Gasteiger partial charge in [-0.3, -0.25) is 19.3 Å². The van der Waals surface area contributed by atoms with Crippen molar-refractivity contribution in [3.8, 4) is 5.75 Å². The van der Waals surface area contributed by atoms with Crippen LogP contribution in [0.15, 0.2) is 18.2 Å². The second kappa shape index (κ2) is 9.87. The minimum Gasteiger partial charge on any atom is -0.433 e. The van der Waals surface area contributed by atoms with Gasteiger partial charge in [-0.1, -0.05) is 0 Å². The number of halogens is 5. The average molecular weight is 454 g/mol. The maximum atomic E-state index is 12.8. The molecular formula is C17H19F5N4O5. The van der Waals surface area contributed by atoms with Gasteiger partial charge in [0.05, 0.1) is 18.8 Å². The van der Waals surface area contributed by atoms with E-state index in [1.165, 1.54) is 11.0 Å². The molecule has 1 aromatic carbocycles. The minimum absolute atomic E-state index is 0.143. The number of likely N-dealkylation sites (N-methyl/N-ethyl adjacent to an activating group) is 1. The Bertz CT molecular complexity index is 836. The lowest BCUT2D eigenvalue weighted by atomic mass is 10.2. The van der Waals surface area contributed by atoms with Gasteiger partial charge < -0.3 is 25.4 Å². The van der Waals surface area contributed by atoms with Crippen LogP contribution in [0.2, 0.25) is 0 Å². The van der Waals surface area contributed by atoms with Crippen molar-refractivity contribution in [3.05, 3.63) is 18.2 Å². The van der Waals surface area contributed by atoms with Gasteiger partial charge in [-0.25, -0.2) is 0 Å². The van der Waals surface area contributed by atoms with Crippen LogP contribution in [0.4, 0.5) is 33.3 Å². The zero-order valence-electron chi connectivity index (χ0n) is 16.1. The molecule has 31 heavy (non-hydrogen) atoms. The van der Waals surface area contributed by atoms with Crippen LogP contribution in [0.3, 0.4) is 0 Å². The highest BCUT2D eigenvalue weighted by atomic mass is 19.4. The number of amides is 3. The molecule has 0 spiro atoms. The number of carbonyl (C=O) groups excluding carboxylic acids is 3. The van der Waals surface area contributed by atoms with E-state index in [0.29, 0.717) is 4.90 Å². The number of nitrogens with two attached hydrogens (primary N) is 1. The third kappa shape index (κ3) is 6.75. The van der Waals surface area contributed by atoms with Crippen molar-refractivity contribution in [2.75, 3.05) is 43.6 Å². The van der Waals surface area contributed by atoms with E-state index in [2.05, 4.69) is 10.1 Å². The molecule has 2 rings (SSSR count). The van der Waals surface area contributed by atoms with Crippen molar-refractivity contribution in [1.82, 2.24) is 4.90 Å². The first-order chi connectivity index (χ1) is 14.4. The summed E-state index contributed by atoms with van der Waals surface area (Å²) in [4.78, 5) is 37.5. The van der Waals surface area contributed by atoms with Crippen LogP contribution in [0.1, 0.15) is 0 Å². The lowest BCUT2D eigenvalue weighted by Gasteiger charge is -2.28. The fourth-order valence-electron chi connectivity index (χ4n) is 2.89. The normalized spacial score (nSPS) is 15.9. The molecule has 0 aliphatic carbocycles. The smallest absolute Gasteiger partial charge is 0.401 e. The molecule has 1 heterocycles. The number of anilines is 2. The molecule has 1 aliphatic rings. The number of benzene rings is 1. The van der Waals surface area contributed by atoms with E-state index >= 15 is 0 Å². The van der Waals surface area contributed by atoms with E-state index in [9.17, 15) is 36.3 Å². The van der Waals surface area contributed by atoms with Crippen molar-refractivity contribution < 1.29 is 45.8 Å². The highest BCUT2D eigenvalue weighted by molar-refractivity contribution is 6.10. The Morgan fingerprint density at radius 3 is 2.58 bits per heavy atom. The number of primary amides is 1. The molecule has 1 fully saturated rings. The highest BCUT2D eigenvalue weighted by Gasteiger charge is 2.37. The molecular weight excluding hydrogens is 435 g/mol. The van der Waals surface area contributed by atoms with E-state index in [1.54, 1.807) is 0 Å². The number of rotatable bonds is 8. The summed E-state index contributed by atoms with van der Waals surface area (Å²) in [7, 11) is 0.853. The lowest BCUT2D eigenvalue weighted by molar-refractivity contribution is -0.154. The Balaban J connectivity index is 2.29. The SMILES string of the molecule is CN(CC(F)(F)F)[C@@H](C(N)=O)C(=O)Nc1ccc(N2CCOCC2=O)cc1OC(F)F. The predicted octanol–water partition coefficient (Wildman–Crippen LogP) is 0.938. The van der Waals surface area contributed by atoms with Gasteiger partial charge in [-0.05, 0) is 19.2 Å². The summed E-state index contributed by atoms with van der Waals surface area (Å²) < 4.78 is 72.9. The van der Waals surface area contributed by atoms with Gasteiger partial charge in [0.25, 0.3) is 11.8 Å². The maximum Gasteiger partial charge on any atom is 0.401 e. The van der Waals surface area contributed by atoms with Crippen LogP contribution in [-0.2, 0) is 19.1 Å². The molecule has 0 unspecified atom stereocenters. The van der Waals surface area contributed by atoms with Gasteiger partial charge >= 0.3 is 12.8 Å². The molecule has 0 bridgehead atoms. The van der Waals surface area contributed by atoms with Gasteiger partial charge in [-0.2, -0.15) is 22.0 Å². The van der Waals surface area contributed by atoms with Crippen LogP contribution >= 0.6 is 0 Å². The fourth-order valence-corrected chi connectivity index (χ4v) is 2.89. The highest BCUT2D eigenvalue weighted by Crippen LogP contribution is 2.32. The summed E-state index contributed by atoms with van der Waals surface area (Å²) in [6.45, 7) is -4.79. The number of hydrogen-bond acceptors (Lipinski definition) is 6. The third-order valence-electron chi connectivity index (χ3n) is 4.12. The molecule has 0 radical (unpaired) electrons. The monoisotopic (exact) mass is 454 g/mol. The Morgan fingerprint density at radius 1 is 1.35 bits per heavy atom. The summed E-state index contributed by atoms with van der Waals surface area (Å²) in [5, 5.41) is 2.07. The first kappa shape index (κ1) is 24.3. The Kier molecular flexibility index (Phi) is 7.73. The third-order valence-corrected chi connectivity index (χ3v) is 4.12. The quantitative estimate of drug-likeness (QED) is 0.447. The standard InChI is InChI=1S/C17H19F5N4O5/c1-25(8-17(20,21)22)13(14(23)28)15(29)24-10-3-2-9(6-11(10)31-16(18)19)26-4-5-30-7-12(26)27/h2-3,6,13,16H,4-5,7-8H2,1H3,(H2,23,28)(H,24,29)/t13-/m0/s1.